The van der Waals surface area contributed by atoms with Crippen molar-refractivity contribution in [3.05, 3.63) is 47.9 Å². The first-order chi connectivity index (χ1) is 16.1. The first-order valence-corrected chi connectivity index (χ1v) is 12.5. The SMILES string of the molecule is COC(C)(C)CCC[C@@]1(CCc2nc3ncncc3[nH]2)CCN(C(C)(C)c2ccc(C)nc2)C1. The van der Waals surface area contributed by atoms with Gasteiger partial charge in [-0.1, -0.05) is 12.5 Å². The van der Waals surface area contributed by atoms with Crippen LogP contribution in [-0.4, -0.2) is 55.6 Å². The van der Waals surface area contributed by atoms with Crippen molar-refractivity contribution < 1.29 is 4.74 Å². The zero-order valence-corrected chi connectivity index (χ0v) is 21.7. The van der Waals surface area contributed by atoms with E-state index in [9.17, 15) is 0 Å². The highest BCUT2D eigenvalue weighted by Crippen LogP contribution is 2.44. The number of aromatic nitrogens is 5. The third-order valence-electron chi connectivity index (χ3n) is 7.99. The van der Waals surface area contributed by atoms with Gasteiger partial charge in [-0.3, -0.25) is 9.88 Å². The summed E-state index contributed by atoms with van der Waals surface area (Å²) in [4.78, 5) is 23.8. The summed E-state index contributed by atoms with van der Waals surface area (Å²) >= 11 is 0. The summed E-state index contributed by atoms with van der Waals surface area (Å²) in [5, 5.41) is 0. The van der Waals surface area contributed by atoms with E-state index in [-0.39, 0.29) is 16.6 Å². The first-order valence-electron chi connectivity index (χ1n) is 12.5. The van der Waals surface area contributed by atoms with Crippen LogP contribution in [0.1, 0.15) is 76.9 Å². The van der Waals surface area contributed by atoms with Crippen molar-refractivity contribution in [3.63, 3.8) is 0 Å². The first kappa shape index (κ1) is 24.7. The summed E-state index contributed by atoms with van der Waals surface area (Å²) in [5.41, 5.74) is 4.13. The average Bonchev–Trinajstić information content (AvgIpc) is 3.43. The molecule has 184 valence electrons. The number of nitrogens with one attached hydrogen (secondary N) is 1. The lowest BCUT2D eigenvalue weighted by Crippen LogP contribution is -2.41. The Bertz CT molecular complexity index is 1060. The molecule has 0 aliphatic carbocycles. The Morgan fingerprint density at radius 2 is 1.94 bits per heavy atom. The monoisotopic (exact) mass is 464 g/mol. The van der Waals surface area contributed by atoms with Crippen molar-refractivity contribution in [2.75, 3.05) is 20.2 Å². The minimum Gasteiger partial charge on any atom is -0.379 e. The fourth-order valence-corrected chi connectivity index (χ4v) is 5.26. The number of ether oxygens (including phenoxy) is 1. The number of nitrogens with zero attached hydrogens (tertiary/aromatic N) is 5. The minimum atomic E-state index is -0.0796. The molecule has 0 aromatic carbocycles. The van der Waals surface area contributed by atoms with E-state index in [1.807, 2.05) is 20.2 Å². The third kappa shape index (κ3) is 5.47. The van der Waals surface area contributed by atoms with Gasteiger partial charge in [-0.15, -0.1) is 0 Å². The number of methoxy groups -OCH3 is 1. The van der Waals surface area contributed by atoms with Gasteiger partial charge in [-0.2, -0.15) is 0 Å². The molecule has 3 aromatic heterocycles. The van der Waals surface area contributed by atoms with Crippen LogP contribution in [0, 0.1) is 12.3 Å². The Labute approximate surface area is 203 Å². The molecule has 0 radical (unpaired) electrons. The van der Waals surface area contributed by atoms with Crippen LogP contribution in [0.4, 0.5) is 0 Å². The number of H-pyrrole nitrogens is 1. The van der Waals surface area contributed by atoms with E-state index in [4.69, 9.17) is 9.72 Å². The molecule has 0 saturated carbocycles. The molecule has 3 aromatic rings. The highest BCUT2D eigenvalue weighted by Gasteiger charge is 2.43. The summed E-state index contributed by atoms with van der Waals surface area (Å²) in [6.07, 6.45) is 12.0. The van der Waals surface area contributed by atoms with E-state index in [0.717, 1.165) is 61.5 Å². The predicted molar refractivity (Wildman–Crippen MR) is 136 cm³/mol. The normalized spacial score (nSPS) is 19.8. The molecule has 1 N–H and O–H groups in total. The van der Waals surface area contributed by atoms with Gasteiger partial charge in [0.05, 0.1) is 11.8 Å². The van der Waals surface area contributed by atoms with Crippen molar-refractivity contribution in [2.24, 2.45) is 5.41 Å². The summed E-state index contributed by atoms with van der Waals surface area (Å²) < 4.78 is 5.70. The van der Waals surface area contributed by atoms with E-state index in [1.54, 1.807) is 12.5 Å². The van der Waals surface area contributed by atoms with Gasteiger partial charge in [-0.25, -0.2) is 15.0 Å². The van der Waals surface area contributed by atoms with Gasteiger partial charge in [0.25, 0.3) is 0 Å². The molecule has 1 fully saturated rings. The molecule has 7 heteroatoms. The number of aromatic amines is 1. The quantitative estimate of drug-likeness (QED) is 0.444. The van der Waals surface area contributed by atoms with Gasteiger partial charge in [0.1, 0.15) is 17.7 Å². The van der Waals surface area contributed by atoms with Crippen LogP contribution in [0.3, 0.4) is 0 Å². The maximum absolute atomic E-state index is 5.70. The molecule has 0 spiro atoms. The number of imidazole rings is 1. The number of hydrogen-bond acceptors (Lipinski definition) is 6. The Morgan fingerprint density at radius 1 is 1.12 bits per heavy atom. The van der Waals surface area contributed by atoms with Gasteiger partial charge >= 0.3 is 0 Å². The molecular formula is C27H40N6O. The Hall–Kier alpha value is -2.38. The third-order valence-corrected chi connectivity index (χ3v) is 7.99. The summed E-state index contributed by atoms with van der Waals surface area (Å²) in [6.45, 7) is 13.3. The van der Waals surface area contributed by atoms with Crippen molar-refractivity contribution in [3.8, 4) is 0 Å². The zero-order valence-electron chi connectivity index (χ0n) is 21.7. The van der Waals surface area contributed by atoms with Crippen molar-refractivity contribution in [1.82, 2.24) is 29.8 Å². The van der Waals surface area contributed by atoms with Crippen molar-refractivity contribution >= 4 is 11.2 Å². The average molecular weight is 465 g/mol. The number of fused-ring (bicyclic) bond motifs is 1. The van der Waals surface area contributed by atoms with Crippen LogP contribution in [0.15, 0.2) is 30.9 Å². The maximum Gasteiger partial charge on any atom is 0.180 e. The number of likely N-dealkylation sites (tertiary alicyclic amines) is 1. The molecule has 4 heterocycles. The molecule has 7 nitrogen and oxygen atoms in total. The molecule has 1 atom stereocenters. The van der Waals surface area contributed by atoms with Crippen molar-refractivity contribution in [2.45, 2.75) is 84.3 Å². The van der Waals surface area contributed by atoms with E-state index < -0.39 is 0 Å². The van der Waals surface area contributed by atoms with Crippen LogP contribution < -0.4 is 0 Å². The van der Waals surface area contributed by atoms with Gasteiger partial charge in [-0.05, 0) is 83.9 Å². The molecule has 4 rings (SSSR count). The van der Waals surface area contributed by atoms with Gasteiger partial charge < -0.3 is 9.72 Å². The number of pyridine rings is 1. The lowest BCUT2D eigenvalue weighted by molar-refractivity contribution is 0.0102. The molecule has 1 saturated heterocycles. The van der Waals surface area contributed by atoms with Crippen molar-refractivity contribution in [1.29, 1.82) is 0 Å². The van der Waals surface area contributed by atoms with Crippen LogP contribution in [0.5, 0.6) is 0 Å². The Morgan fingerprint density at radius 3 is 2.65 bits per heavy atom. The Kier molecular flexibility index (Phi) is 7.06. The molecule has 0 unspecified atom stereocenters. The molecule has 0 bridgehead atoms. The fraction of sp³-hybridized carbons (Fsp3) is 0.630. The van der Waals surface area contributed by atoms with Crippen LogP contribution in [0.2, 0.25) is 0 Å². The molecule has 0 amide bonds. The number of aryl methyl sites for hydroxylation is 2. The highest BCUT2D eigenvalue weighted by molar-refractivity contribution is 5.68. The Balaban J connectivity index is 1.50. The highest BCUT2D eigenvalue weighted by atomic mass is 16.5. The largest absolute Gasteiger partial charge is 0.379 e. The second-order valence-corrected chi connectivity index (χ2v) is 11.2. The molecule has 1 aliphatic heterocycles. The number of hydrogen-bond donors (Lipinski definition) is 1. The van der Waals surface area contributed by atoms with E-state index in [1.165, 1.54) is 18.4 Å². The fourth-order valence-electron chi connectivity index (χ4n) is 5.26. The lowest BCUT2D eigenvalue weighted by atomic mass is 9.77. The maximum atomic E-state index is 5.70. The summed E-state index contributed by atoms with van der Waals surface area (Å²) in [5.74, 6) is 1.01. The van der Waals surface area contributed by atoms with Gasteiger partial charge in [0.15, 0.2) is 5.65 Å². The molecule has 34 heavy (non-hydrogen) atoms. The minimum absolute atomic E-state index is 0.0524. The summed E-state index contributed by atoms with van der Waals surface area (Å²) in [6, 6.07) is 4.36. The standard InChI is InChI=1S/C27H40N6O/c1-20-8-9-21(16-29-20)26(4,5)33-15-14-27(18-33,12-7-11-25(2,3)34-6)13-10-23-31-22-17-28-19-30-24(22)32-23/h8-9,16-17,19H,7,10-15,18H2,1-6H3,(H,28,30,31,32)/t27-/m1/s1. The van der Waals surface area contributed by atoms with E-state index in [0.29, 0.717) is 0 Å². The van der Waals surface area contributed by atoms with Crippen LogP contribution in [-0.2, 0) is 16.7 Å². The topological polar surface area (TPSA) is 79.8 Å². The molecule has 1 aliphatic rings. The van der Waals surface area contributed by atoms with Crippen LogP contribution >= 0.6 is 0 Å². The van der Waals surface area contributed by atoms with E-state index in [2.05, 4.69) is 64.7 Å². The summed E-state index contributed by atoms with van der Waals surface area (Å²) in [7, 11) is 1.82. The smallest absolute Gasteiger partial charge is 0.180 e. The zero-order chi connectivity index (χ0) is 24.4. The van der Waals surface area contributed by atoms with Crippen LogP contribution in [0.25, 0.3) is 11.2 Å². The second-order valence-electron chi connectivity index (χ2n) is 11.2. The lowest BCUT2D eigenvalue weighted by Gasteiger charge is -2.38. The number of rotatable bonds is 10. The predicted octanol–water partition coefficient (Wildman–Crippen LogP) is 5.21. The molecular weight excluding hydrogens is 424 g/mol. The van der Waals surface area contributed by atoms with E-state index >= 15 is 0 Å². The second kappa shape index (κ2) is 9.70. The van der Waals surface area contributed by atoms with Gasteiger partial charge in [0.2, 0.25) is 0 Å². The van der Waals surface area contributed by atoms with Gasteiger partial charge in [0, 0.05) is 37.5 Å².